The second-order valence-electron chi connectivity index (χ2n) is 3.96. The molecule has 0 spiro atoms. The lowest BCUT2D eigenvalue weighted by Crippen LogP contribution is -2.45. The molecule has 3 aliphatic rings. The van der Waals surface area contributed by atoms with Crippen LogP contribution >= 0.6 is 0 Å². The van der Waals surface area contributed by atoms with E-state index in [2.05, 4.69) is 20.6 Å². The van der Waals surface area contributed by atoms with Crippen molar-refractivity contribution in [2.45, 2.75) is 12.5 Å². The molecule has 5 nitrogen and oxygen atoms in total. The Kier molecular flexibility index (Phi) is 1.61. The van der Waals surface area contributed by atoms with Crippen molar-refractivity contribution in [2.24, 2.45) is 11.8 Å². The van der Waals surface area contributed by atoms with Gasteiger partial charge in [0.2, 0.25) is 11.9 Å². The van der Waals surface area contributed by atoms with Crippen molar-refractivity contribution in [2.75, 3.05) is 11.9 Å². The highest BCUT2D eigenvalue weighted by atomic mass is 16.2. The summed E-state index contributed by atoms with van der Waals surface area (Å²) in [5, 5.41) is 6.09. The van der Waals surface area contributed by atoms with Gasteiger partial charge in [0.1, 0.15) is 0 Å². The van der Waals surface area contributed by atoms with Gasteiger partial charge in [-0.25, -0.2) is 4.98 Å². The van der Waals surface area contributed by atoms with Gasteiger partial charge in [0.05, 0.1) is 5.92 Å². The number of hydrogen-bond donors (Lipinski definition) is 3. The Morgan fingerprint density at radius 3 is 3.14 bits per heavy atom. The first-order chi connectivity index (χ1) is 6.84. The van der Waals surface area contributed by atoms with Crippen LogP contribution in [0.1, 0.15) is 6.42 Å². The van der Waals surface area contributed by atoms with E-state index in [4.69, 9.17) is 0 Å². The SMILES string of the molecule is O=C(Nc1ncc[nH]1)C1C2CNC1C2. The zero-order chi connectivity index (χ0) is 9.54. The average Bonchev–Trinajstić information content (AvgIpc) is 2.77. The van der Waals surface area contributed by atoms with Gasteiger partial charge < -0.3 is 10.3 Å². The van der Waals surface area contributed by atoms with Gasteiger partial charge in [0, 0.05) is 18.4 Å². The zero-order valence-corrected chi connectivity index (χ0v) is 7.66. The fraction of sp³-hybridized carbons (Fsp3) is 0.556. The van der Waals surface area contributed by atoms with Crippen molar-refractivity contribution in [1.29, 1.82) is 0 Å². The molecule has 74 valence electrons. The second-order valence-corrected chi connectivity index (χ2v) is 3.96. The summed E-state index contributed by atoms with van der Waals surface area (Å²) in [4.78, 5) is 18.6. The maximum Gasteiger partial charge on any atom is 0.231 e. The highest BCUT2D eigenvalue weighted by Crippen LogP contribution is 2.40. The highest BCUT2D eigenvalue weighted by Gasteiger charge is 2.50. The molecular formula is C9H12N4O. The van der Waals surface area contributed by atoms with Crippen LogP contribution in [0.3, 0.4) is 0 Å². The summed E-state index contributed by atoms with van der Waals surface area (Å²) < 4.78 is 0. The number of carbonyl (C=O) groups is 1. The van der Waals surface area contributed by atoms with Crippen molar-refractivity contribution in [3.05, 3.63) is 12.4 Å². The zero-order valence-electron chi connectivity index (χ0n) is 7.66. The number of hydrogen-bond acceptors (Lipinski definition) is 3. The molecule has 3 unspecified atom stereocenters. The van der Waals surface area contributed by atoms with Crippen LogP contribution in [-0.2, 0) is 4.79 Å². The van der Waals surface area contributed by atoms with Crippen LogP contribution in [0.25, 0.3) is 0 Å². The molecule has 5 heteroatoms. The van der Waals surface area contributed by atoms with Crippen molar-refractivity contribution in [3.63, 3.8) is 0 Å². The minimum atomic E-state index is 0.0891. The predicted molar refractivity (Wildman–Crippen MR) is 50.6 cm³/mol. The first-order valence-electron chi connectivity index (χ1n) is 4.88. The number of rotatable bonds is 2. The highest BCUT2D eigenvalue weighted by molar-refractivity contribution is 5.92. The van der Waals surface area contributed by atoms with E-state index < -0.39 is 0 Å². The molecule has 1 aliphatic carbocycles. The molecule has 3 heterocycles. The molecule has 1 amide bonds. The van der Waals surface area contributed by atoms with Crippen LogP contribution in [0.15, 0.2) is 12.4 Å². The van der Waals surface area contributed by atoms with E-state index in [0.717, 1.165) is 13.0 Å². The van der Waals surface area contributed by atoms with Crippen molar-refractivity contribution < 1.29 is 4.79 Å². The first-order valence-corrected chi connectivity index (χ1v) is 4.88. The van der Waals surface area contributed by atoms with E-state index in [9.17, 15) is 4.79 Å². The van der Waals surface area contributed by atoms with Crippen LogP contribution in [-0.4, -0.2) is 28.5 Å². The smallest absolute Gasteiger partial charge is 0.231 e. The lowest BCUT2D eigenvalue weighted by atomic mass is 9.73. The fourth-order valence-corrected chi connectivity index (χ4v) is 2.41. The summed E-state index contributed by atoms with van der Waals surface area (Å²) in [6, 6.07) is 0.398. The van der Waals surface area contributed by atoms with Gasteiger partial charge in [-0.2, -0.15) is 0 Å². The summed E-state index contributed by atoms with van der Waals surface area (Å²) in [5.74, 6) is 1.32. The Bertz CT molecular complexity index is 334. The summed E-state index contributed by atoms with van der Waals surface area (Å²) >= 11 is 0. The number of imidazole rings is 1. The second kappa shape index (κ2) is 2.81. The quantitative estimate of drug-likeness (QED) is 0.615. The van der Waals surface area contributed by atoms with E-state index in [0.29, 0.717) is 17.9 Å². The van der Waals surface area contributed by atoms with E-state index in [-0.39, 0.29) is 11.8 Å². The Balaban J connectivity index is 1.67. The molecule has 14 heavy (non-hydrogen) atoms. The molecule has 1 saturated carbocycles. The number of anilines is 1. The normalized spacial score (nSPS) is 33.9. The number of aromatic amines is 1. The predicted octanol–water partition coefficient (Wildman–Crippen LogP) is -0.0439. The summed E-state index contributed by atoms with van der Waals surface area (Å²) in [5.41, 5.74) is 0. The molecular weight excluding hydrogens is 180 g/mol. The minimum absolute atomic E-state index is 0.0891. The summed E-state index contributed by atoms with van der Waals surface area (Å²) in [6.07, 6.45) is 4.47. The Labute approximate surface area is 81.3 Å². The van der Waals surface area contributed by atoms with Gasteiger partial charge in [0.15, 0.2) is 0 Å². The molecule has 1 aromatic heterocycles. The number of fused-ring (bicyclic) bond motifs is 1. The lowest BCUT2D eigenvalue weighted by molar-refractivity contribution is -0.124. The van der Waals surface area contributed by atoms with Crippen molar-refractivity contribution in [3.8, 4) is 0 Å². The van der Waals surface area contributed by atoms with Crippen LogP contribution in [0.4, 0.5) is 5.95 Å². The summed E-state index contributed by atoms with van der Waals surface area (Å²) in [7, 11) is 0. The van der Waals surface area contributed by atoms with E-state index >= 15 is 0 Å². The molecule has 3 fully saturated rings. The standard InChI is InChI=1S/C9H12N4O/c14-8(13-9-10-1-2-11-9)7-5-3-6(7)12-4-5/h1-2,5-7,12H,3-4H2,(H2,10,11,13,14). The largest absolute Gasteiger partial charge is 0.331 e. The van der Waals surface area contributed by atoms with Crippen LogP contribution in [0.5, 0.6) is 0 Å². The van der Waals surface area contributed by atoms with Crippen LogP contribution < -0.4 is 10.6 Å². The average molecular weight is 192 g/mol. The third-order valence-corrected chi connectivity index (χ3v) is 3.18. The molecule has 1 aromatic rings. The third kappa shape index (κ3) is 1.05. The monoisotopic (exact) mass is 192 g/mol. The van der Waals surface area contributed by atoms with E-state index in [1.165, 1.54) is 0 Å². The molecule has 2 aliphatic heterocycles. The van der Waals surface area contributed by atoms with Gasteiger partial charge in [-0.3, -0.25) is 10.1 Å². The van der Waals surface area contributed by atoms with Gasteiger partial charge in [0.25, 0.3) is 0 Å². The topological polar surface area (TPSA) is 69.8 Å². The van der Waals surface area contributed by atoms with Crippen LogP contribution in [0.2, 0.25) is 0 Å². The first kappa shape index (κ1) is 7.99. The number of amides is 1. The van der Waals surface area contributed by atoms with Gasteiger partial charge in [-0.15, -0.1) is 0 Å². The maximum absolute atomic E-state index is 11.7. The fourth-order valence-electron chi connectivity index (χ4n) is 2.41. The van der Waals surface area contributed by atoms with Crippen molar-refractivity contribution in [1.82, 2.24) is 15.3 Å². The van der Waals surface area contributed by atoms with Crippen molar-refractivity contribution >= 4 is 11.9 Å². The molecule has 3 N–H and O–H groups in total. The number of nitrogens with one attached hydrogen (secondary N) is 3. The van der Waals surface area contributed by atoms with E-state index in [1.54, 1.807) is 12.4 Å². The van der Waals surface area contributed by atoms with E-state index in [1.807, 2.05) is 0 Å². The minimum Gasteiger partial charge on any atom is -0.331 e. The lowest BCUT2D eigenvalue weighted by Gasteiger charge is -2.32. The molecule has 0 radical (unpaired) electrons. The van der Waals surface area contributed by atoms with Gasteiger partial charge >= 0.3 is 0 Å². The molecule has 2 bridgehead atoms. The molecule has 3 atom stereocenters. The third-order valence-electron chi connectivity index (χ3n) is 3.18. The Morgan fingerprint density at radius 1 is 1.64 bits per heavy atom. The Hall–Kier alpha value is -1.36. The molecule has 2 saturated heterocycles. The van der Waals surface area contributed by atoms with Crippen LogP contribution in [0, 0.1) is 11.8 Å². The molecule has 0 aromatic carbocycles. The number of H-pyrrole nitrogens is 1. The number of aromatic nitrogens is 2. The summed E-state index contributed by atoms with van der Waals surface area (Å²) in [6.45, 7) is 0.987. The maximum atomic E-state index is 11.7. The molecule has 4 rings (SSSR count). The Morgan fingerprint density at radius 2 is 2.57 bits per heavy atom. The van der Waals surface area contributed by atoms with Gasteiger partial charge in [-0.1, -0.05) is 0 Å². The number of carbonyl (C=O) groups excluding carboxylic acids is 1. The van der Waals surface area contributed by atoms with Gasteiger partial charge in [-0.05, 0) is 18.9 Å². The number of nitrogens with zero attached hydrogens (tertiary/aromatic N) is 1.